The maximum absolute atomic E-state index is 13.1. The highest BCUT2D eigenvalue weighted by molar-refractivity contribution is 6.02. The first-order valence-corrected chi connectivity index (χ1v) is 10.7. The molecule has 0 bridgehead atoms. The minimum absolute atomic E-state index is 0.0170. The molecule has 0 radical (unpaired) electrons. The summed E-state index contributed by atoms with van der Waals surface area (Å²) in [5.74, 6) is -1.66. The van der Waals surface area contributed by atoms with E-state index < -0.39 is 29.9 Å². The Morgan fingerprint density at radius 2 is 1.69 bits per heavy atom. The highest BCUT2D eigenvalue weighted by atomic mass is 19.3. The molecule has 0 fully saturated rings. The smallest absolute Gasteiger partial charge is 0.387 e. The third kappa shape index (κ3) is 4.84. The molecule has 4 rings (SSSR count). The Balaban J connectivity index is 1.55. The molecule has 0 amide bonds. The van der Waals surface area contributed by atoms with Crippen molar-refractivity contribution in [2.45, 2.75) is 33.5 Å². The van der Waals surface area contributed by atoms with Crippen LogP contribution in [0, 0.1) is 13.8 Å². The number of nitrogens with zero attached hydrogens (tertiary/aromatic N) is 1. The predicted octanol–water partition coefficient (Wildman–Crippen LogP) is 5.23. The number of hydrogen-bond donors (Lipinski definition) is 0. The van der Waals surface area contributed by atoms with Gasteiger partial charge >= 0.3 is 12.6 Å². The van der Waals surface area contributed by atoms with E-state index in [1.807, 2.05) is 0 Å². The summed E-state index contributed by atoms with van der Waals surface area (Å²) in [6.07, 6.45) is -1.16. The fourth-order valence-corrected chi connectivity index (χ4v) is 3.88. The summed E-state index contributed by atoms with van der Waals surface area (Å²) in [5, 5.41) is 0.328. The number of aryl methyl sites for hydroxylation is 1. The first kappa shape index (κ1) is 23.9. The van der Waals surface area contributed by atoms with Crippen LogP contribution in [0.5, 0.6) is 5.75 Å². The van der Waals surface area contributed by atoms with E-state index in [1.54, 1.807) is 60.9 Å². The lowest BCUT2D eigenvalue weighted by Crippen LogP contribution is -2.25. The predicted molar refractivity (Wildman–Crippen MR) is 124 cm³/mol. The van der Waals surface area contributed by atoms with Crippen LogP contribution < -0.4 is 10.2 Å². The number of hydrogen-bond acceptors (Lipinski definition) is 6. The van der Waals surface area contributed by atoms with Crippen LogP contribution in [0.2, 0.25) is 0 Å². The molecule has 180 valence electrons. The van der Waals surface area contributed by atoms with E-state index in [1.165, 1.54) is 19.1 Å². The van der Waals surface area contributed by atoms with Crippen molar-refractivity contribution >= 4 is 22.7 Å². The molecule has 9 heteroatoms. The van der Waals surface area contributed by atoms with Gasteiger partial charge in [0.1, 0.15) is 11.3 Å². The lowest BCUT2D eigenvalue weighted by atomic mass is 10.1. The van der Waals surface area contributed by atoms with Gasteiger partial charge in [0.25, 0.3) is 0 Å². The summed E-state index contributed by atoms with van der Waals surface area (Å²) in [5.41, 5.74) is 2.10. The third-order valence-electron chi connectivity index (χ3n) is 5.51. The standard InChI is InChI=1S/C26H21F2NO6/c1-14-12-20(15(2)29(14)17-8-10-18(11-9-17)34-26(27)28)24(31)16(3)33-25(32)23-13-21(30)19-6-4-5-7-22(19)35-23/h4-13,16,26H,1-3H3. The summed E-state index contributed by atoms with van der Waals surface area (Å²) < 4.78 is 41.7. The number of alkyl halides is 2. The van der Waals surface area contributed by atoms with Gasteiger partial charge in [-0.15, -0.1) is 0 Å². The van der Waals surface area contributed by atoms with Crippen molar-refractivity contribution in [1.82, 2.24) is 4.57 Å². The first-order valence-electron chi connectivity index (χ1n) is 10.7. The van der Waals surface area contributed by atoms with Crippen LogP contribution in [-0.2, 0) is 4.74 Å². The van der Waals surface area contributed by atoms with Crippen molar-refractivity contribution in [2.24, 2.45) is 0 Å². The Kier molecular flexibility index (Phi) is 6.50. The molecule has 4 aromatic rings. The lowest BCUT2D eigenvalue weighted by molar-refractivity contribution is -0.0498. The van der Waals surface area contributed by atoms with Gasteiger partial charge in [-0.25, -0.2) is 4.79 Å². The molecule has 0 saturated heterocycles. The number of rotatable bonds is 7. The SMILES string of the molecule is Cc1cc(C(=O)C(C)OC(=O)c2cc(=O)c3ccccc3o2)c(C)n1-c1ccc(OC(F)F)cc1. The monoisotopic (exact) mass is 481 g/mol. The zero-order chi connectivity index (χ0) is 25.3. The van der Waals surface area contributed by atoms with Gasteiger partial charge in [-0.05, 0) is 63.2 Å². The normalized spacial score (nSPS) is 12.1. The Morgan fingerprint density at radius 3 is 2.37 bits per heavy atom. The van der Waals surface area contributed by atoms with Crippen LogP contribution in [0.3, 0.4) is 0 Å². The van der Waals surface area contributed by atoms with Crippen LogP contribution in [0.15, 0.2) is 69.9 Å². The topological polar surface area (TPSA) is 87.7 Å². The van der Waals surface area contributed by atoms with Crippen LogP contribution >= 0.6 is 0 Å². The van der Waals surface area contributed by atoms with Crippen LogP contribution in [0.25, 0.3) is 16.7 Å². The highest BCUT2D eigenvalue weighted by Crippen LogP contribution is 2.25. The second kappa shape index (κ2) is 9.54. The van der Waals surface area contributed by atoms with Crippen molar-refractivity contribution in [3.8, 4) is 11.4 Å². The van der Waals surface area contributed by atoms with Crippen LogP contribution in [0.4, 0.5) is 8.78 Å². The molecule has 1 unspecified atom stereocenters. The van der Waals surface area contributed by atoms with Crippen LogP contribution in [0.1, 0.15) is 39.2 Å². The maximum Gasteiger partial charge on any atom is 0.387 e. The zero-order valence-electron chi connectivity index (χ0n) is 19.1. The average Bonchev–Trinajstić information content (AvgIpc) is 3.12. The molecule has 0 aliphatic heterocycles. The quantitative estimate of drug-likeness (QED) is 0.265. The number of carbonyl (C=O) groups is 2. The molecule has 7 nitrogen and oxygen atoms in total. The van der Waals surface area contributed by atoms with Gasteiger partial charge in [-0.3, -0.25) is 9.59 Å². The van der Waals surface area contributed by atoms with Gasteiger partial charge in [0, 0.05) is 28.7 Å². The molecule has 0 aliphatic carbocycles. The first-order chi connectivity index (χ1) is 16.7. The molecule has 1 atom stereocenters. The number of ketones is 1. The van der Waals surface area contributed by atoms with Crippen molar-refractivity contribution in [3.05, 3.63) is 93.6 Å². The van der Waals surface area contributed by atoms with Gasteiger partial charge in [-0.2, -0.15) is 8.78 Å². The number of carbonyl (C=O) groups excluding carboxylic acids is 2. The van der Waals surface area contributed by atoms with E-state index in [4.69, 9.17) is 9.15 Å². The van der Waals surface area contributed by atoms with E-state index in [0.29, 0.717) is 28.0 Å². The fraction of sp³-hybridized carbons (Fsp3) is 0.192. The van der Waals surface area contributed by atoms with E-state index in [2.05, 4.69) is 4.74 Å². The number of fused-ring (bicyclic) bond motifs is 1. The van der Waals surface area contributed by atoms with E-state index in [9.17, 15) is 23.2 Å². The Morgan fingerprint density at radius 1 is 1.00 bits per heavy atom. The maximum atomic E-state index is 13.1. The van der Waals surface area contributed by atoms with Crippen molar-refractivity contribution in [3.63, 3.8) is 0 Å². The van der Waals surface area contributed by atoms with Crippen molar-refractivity contribution in [2.75, 3.05) is 0 Å². The molecule has 0 spiro atoms. The molecule has 35 heavy (non-hydrogen) atoms. The second-order valence-electron chi connectivity index (χ2n) is 7.88. The van der Waals surface area contributed by atoms with Gasteiger partial charge in [-0.1, -0.05) is 12.1 Å². The average molecular weight is 481 g/mol. The number of ether oxygens (including phenoxy) is 2. The Hall–Kier alpha value is -4.27. The summed E-state index contributed by atoms with van der Waals surface area (Å²) in [7, 11) is 0. The van der Waals surface area contributed by atoms with E-state index in [0.717, 1.165) is 6.07 Å². The fourth-order valence-electron chi connectivity index (χ4n) is 3.88. The largest absolute Gasteiger partial charge is 0.449 e. The van der Waals surface area contributed by atoms with Gasteiger partial charge < -0.3 is 18.5 Å². The Labute approximate surface area is 198 Å². The number of Topliss-reactive ketones (excluding diaryl/α,β-unsaturated/α-hetero) is 1. The number of halogens is 2. The molecule has 2 heterocycles. The number of esters is 1. The molecule has 0 aliphatic rings. The molecule has 0 saturated carbocycles. The van der Waals surface area contributed by atoms with Gasteiger partial charge in [0.15, 0.2) is 11.5 Å². The van der Waals surface area contributed by atoms with Crippen molar-refractivity contribution in [1.29, 1.82) is 0 Å². The molecule has 2 aromatic heterocycles. The molecular weight excluding hydrogens is 460 g/mol. The zero-order valence-corrected chi connectivity index (χ0v) is 19.1. The lowest BCUT2D eigenvalue weighted by Gasteiger charge is -2.13. The highest BCUT2D eigenvalue weighted by Gasteiger charge is 2.26. The van der Waals surface area contributed by atoms with E-state index in [-0.39, 0.29) is 17.1 Å². The molecule has 0 N–H and O–H groups in total. The summed E-state index contributed by atoms with van der Waals surface area (Å²) in [4.78, 5) is 37.9. The van der Waals surface area contributed by atoms with E-state index >= 15 is 0 Å². The summed E-state index contributed by atoms with van der Waals surface area (Å²) in [6.45, 7) is 2.02. The minimum Gasteiger partial charge on any atom is -0.449 e. The van der Waals surface area contributed by atoms with Crippen LogP contribution in [-0.4, -0.2) is 29.0 Å². The van der Waals surface area contributed by atoms with Crippen molar-refractivity contribution < 1.29 is 32.3 Å². The van der Waals surface area contributed by atoms with Gasteiger partial charge in [0.2, 0.25) is 11.5 Å². The number of para-hydroxylation sites is 1. The number of aromatic nitrogens is 1. The second-order valence-corrected chi connectivity index (χ2v) is 7.88. The summed E-state index contributed by atoms with van der Waals surface area (Å²) >= 11 is 0. The number of benzene rings is 2. The molecular formula is C26H21F2NO6. The third-order valence-corrected chi connectivity index (χ3v) is 5.51. The summed E-state index contributed by atoms with van der Waals surface area (Å²) in [6, 6.07) is 15.2. The Bertz CT molecular complexity index is 1470. The minimum atomic E-state index is -2.92. The van der Waals surface area contributed by atoms with Gasteiger partial charge in [0.05, 0.1) is 5.39 Å². The molecule has 2 aromatic carbocycles.